The van der Waals surface area contributed by atoms with Crippen LogP contribution in [0, 0.1) is 11.7 Å². The number of hydrogen-bond acceptors (Lipinski definition) is 4. The van der Waals surface area contributed by atoms with E-state index in [0.717, 1.165) is 16.0 Å². The lowest BCUT2D eigenvalue weighted by molar-refractivity contribution is -0.148. The number of ether oxygens (including phenoxy) is 1. The lowest BCUT2D eigenvalue weighted by Gasteiger charge is -2.24. The summed E-state index contributed by atoms with van der Waals surface area (Å²) < 4.78 is 18.5. The first-order chi connectivity index (χ1) is 14.8. The van der Waals surface area contributed by atoms with Crippen molar-refractivity contribution in [1.29, 1.82) is 0 Å². The number of amides is 2. The highest BCUT2D eigenvalue weighted by atomic mass is 35.5. The molecule has 0 aliphatic carbocycles. The van der Waals surface area contributed by atoms with Crippen LogP contribution in [-0.2, 0) is 20.8 Å². The van der Waals surface area contributed by atoms with Crippen molar-refractivity contribution in [2.45, 2.75) is 38.5 Å². The number of methoxy groups -OCH3 is 1. The maximum absolute atomic E-state index is 13.2. The molecule has 0 aromatic heterocycles. The van der Waals surface area contributed by atoms with Gasteiger partial charge in [-0.15, -0.1) is 0 Å². The van der Waals surface area contributed by atoms with E-state index in [2.05, 4.69) is 0 Å². The van der Waals surface area contributed by atoms with Crippen molar-refractivity contribution in [2.24, 2.45) is 5.92 Å². The molecule has 2 atom stereocenters. The second-order valence-electron chi connectivity index (χ2n) is 7.91. The van der Waals surface area contributed by atoms with Crippen molar-refractivity contribution in [3.8, 4) is 5.75 Å². The molecule has 31 heavy (non-hydrogen) atoms. The lowest BCUT2D eigenvalue weighted by Crippen LogP contribution is -2.42. The fourth-order valence-electron chi connectivity index (χ4n) is 3.87. The van der Waals surface area contributed by atoms with Crippen molar-refractivity contribution >= 4 is 29.2 Å². The molecule has 7 heteroatoms. The molecule has 5 nitrogen and oxygen atoms in total. The first-order valence-corrected chi connectivity index (χ1v) is 10.6. The van der Waals surface area contributed by atoms with E-state index in [1.807, 2.05) is 6.92 Å². The number of ketones is 1. The topological polar surface area (TPSA) is 63.7 Å². The van der Waals surface area contributed by atoms with Gasteiger partial charge in [0.15, 0.2) is 5.78 Å². The smallest absolute Gasteiger partial charge is 0.233 e. The van der Waals surface area contributed by atoms with Gasteiger partial charge in [-0.3, -0.25) is 19.3 Å². The molecule has 0 radical (unpaired) electrons. The average molecular weight is 446 g/mol. The van der Waals surface area contributed by atoms with E-state index in [-0.39, 0.29) is 42.8 Å². The number of hydrogen-bond donors (Lipinski definition) is 0. The summed E-state index contributed by atoms with van der Waals surface area (Å²) in [6.45, 7) is 1.63. The van der Waals surface area contributed by atoms with E-state index < -0.39 is 11.8 Å². The number of rotatable bonds is 6. The van der Waals surface area contributed by atoms with Gasteiger partial charge in [-0.25, -0.2) is 4.39 Å². The Bertz CT molecular complexity index is 976. The molecular weight excluding hydrogens is 421 g/mol. The second kappa shape index (κ2) is 10.1. The van der Waals surface area contributed by atoms with Gasteiger partial charge < -0.3 is 4.74 Å². The van der Waals surface area contributed by atoms with Gasteiger partial charge in [-0.1, -0.05) is 30.7 Å². The van der Waals surface area contributed by atoms with Gasteiger partial charge in [0.05, 0.1) is 13.7 Å². The lowest BCUT2D eigenvalue weighted by atomic mass is 9.93. The fraction of sp³-hybridized carbons (Fsp3) is 0.375. The van der Waals surface area contributed by atoms with Gasteiger partial charge in [0.2, 0.25) is 11.8 Å². The molecule has 0 bridgehead atoms. The Hall–Kier alpha value is -2.73. The summed E-state index contributed by atoms with van der Waals surface area (Å²) in [4.78, 5) is 39.5. The van der Waals surface area contributed by atoms with Crippen molar-refractivity contribution in [2.75, 3.05) is 13.7 Å². The highest BCUT2D eigenvalue weighted by Crippen LogP contribution is 2.29. The average Bonchev–Trinajstić information content (AvgIpc) is 2.88. The van der Waals surface area contributed by atoms with Crippen molar-refractivity contribution in [3.63, 3.8) is 0 Å². The molecule has 2 aromatic rings. The minimum atomic E-state index is -0.524. The van der Waals surface area contributed by atoms with E-state index >= 15 is 0 Å². The summed E-state index contributed by atoms with van der Waals surface area (Å²) in [6.07, 6.45) is 0.978. The summed E-state index contributed by atoms with van der Waals surface area (Å²) in [5.74, 6) is -1.39. The normalized spacial score (nSPS) is 17.9. The third-order valence-corrected chi connectivity index (χ3v) is 5.89. The Morgan fingerprint density at radius 3 is 2.61 bits per heavy atom. The van der Waals surface area contributed by atoms with E-state index in [9.17, 15) is 18.8 Å². The van der Waals surface area contributed by atoms with Gasteiger partial charge >= 0.3 is 0 Å². The van der Waals surface area contributed by atoms with E-state index in [0.29, 0.717) is 23.6 Å². The maximum atomic E-state index is 13.2. The second-order valence-corrected chi connectivity index (χ2v) is 8.35. The fourth-order valence-corrected chi connectivity index (χ4v) is 4.06. The monoisotopic (exact) mass is 445 g/mol. The minimum Gasteiger partial charge on any atom is -0.496 e. The predicted molar refractivity (Wildman–Crippen MR) is 116 cm³/mol. The van der Waals surface area contributed by atoms with Crippen LogP contribution >= 0.6 is 11.6 Å². The van der Waals surface area contributed by atoms with Gasteiger partial charge in [0, 0.05) is 23.8 Å². The zero-order chi connectivity index (χ0) is 22.5. The summed E-state index contributed by atoms with van der Waals surface area (Å²) >= 11 is 6.11. The number of imide groups is 1. The molecule has 0 spiro atoms. The Morgan fingerprint density at radius 2 is 1.94 bits per heavy atom. The predicted octanol–water partition coefficient (Wildman–Crippen LogP) is 4.56. The zero-order valence-corrected chi connectivity index (χ0v) is 18.3. The van der Waals surface area contributed by atoms with Crippen LogP contribution in [-0.4, -0.2) is 36.2 Å². The number of likely N-dealkylation sites (tertiary alicyclic amines) is 1. The molecule has 1 unspecified atom stereocenters. The number of Topliss-reactive ketones (excluding diaryl/α,β-unsaturated/α-hetero) is 1. The molecule has 1 saturated heterocycles. The van der Waals surface area contributed by atoms with Crippen LogP contribution < -0.4 is 4.74 Å². The molecule has 1 heterocycles. The highest BCUT2D eigenvalue weighted by molar-refractivity contribution is 6.30. The van der Waals surface area contributed by atoms with Crippen LogP contribution in [0.3, 0.4) is 0 Å². The third-order valence-electron chi connectivity index (χ3n) is 5.65. The molecule has 2 aromatic carbocycles. The van der Waals surface area contributed by atoms with Crippen molar-refractivity contribution in [3.05, 3.63) is 64.4 Å². The molecule has 2 amide bonds. The number of carbonyl (C=O) groups excluding carboxylic acids is 3. The van der Waals surface area contributed by atoms with Crippen LogP contribution in [0.5, 0.6) is 5.75 Å². The Labute approximate surface area is 186 Å². The molecule has 1 aliphatic heterocycles. The van der Waals surface area contributed by atoms with E-state index in [4.69, 9.17) is 16.3 Å². The first kappa shape index (κ1) is 22.9. The summed E-state index contributed by atoms with van der Waals surface area (Å²) in [5.41, 5.74) is 1.55. The molecule has 0 saturated carbocycles. The van der Waals surface area contributed by atoms with E-state index in [1.54, 1.807) is 30.3 Å². The van der Waals surface area contributed by atoms with Crippen LogP contribution in [0.4, 0.5) is 4.39 Å². The number of nitrogens with zero attached hydrogens (tertiary/aromatic N) is 1. The van der Waals surface area contributed by atoms with Crippen molar-refractivity contribution < 1.29 is 23.5 Å². The van der Waals surface area contributed by atoms with Crippen molar-refractivity contribution in [1.82, 2.24) is 4.90 Å². The minimum absolute atomic E-state index is 0.0534. The zero-order valence-electron chi connectivity index (χ0n) is 17.6. The van der Waals surface area contributed by atoms with Crippen LogP contribution in [0.2, 0.25) is 5.02 Å². The Morgan fingerprint density at radius 1 is 1.23 bits per heavy atom. The van der Waals surface area contributed by atoms with Gasteiger partial charge in [0.1, 0.15) is 11.6 Å². The Balaban J connectivity index is 1.77. The van der Waals surface area contributed by atoms with Gasteiger partial charge in [-0.05, 0) is 60.2 Å². The van der Waals surface area contributed by atoms with Crippen LogP contribution in [0.25, 0.3) is 0 Å². The molecular formula is C24H25ClFNO4. The molecule has 1 aliphatic rings. The molecule has 164 valence electrons. The highest BCUT2D eigenvalue weighted by Gasteiger charge is 2.34. The third kappa shape index (κ3) is 5.70. The van der Waals surface area contributed by atoms with Gasteiger partial charge in [-0.2, -0.15) is 0 Å². The van der Waals surface area contributed by atoms with E-state index in [1.165, 1.54) is 19.2 Å². The van der Waals surface area contributed by atoms with Crippen LogP contribution in [0.15, 0.2) is 42.5 Å². The number of benzene rings is 2. The van der Waals surface area contributed by atoms with Gasteiger partial charge in [0.25, 0.3) is 0 Å². The number of halogens is 2. The quantitative estimate of drug-likeness (QED) is 0.654. The largest absolute Gasteiger partial charge is 0.496 e. The standard InChI is InChI=1S/C24H25ClFNO4/c1-15(16-3-7-20(26)8-4-16)11-23(29)27-14-21(28)9-5-17(24(27)30)12-18-13-19(25)6-10-22(18)31-2/h3-4,6-8,10,13,15,17H,5,9,11-12,14H2,1-2H3/t15-,17?/m0/s1. The Kier molecular flexibility index (Phi) is 7.44. The molecule has 3 rings (SSSR count). The summed E-state index contributed by atoms with van der Waals surface area (Å²) in [5, 5.41) is 0.522. The first-order valence-electron chi connectivity index (χ1n) is 10.2. The summed E-state index contributed by atoms with van der Waals surface area (Å²) in [6, 6.07) is 11.1. The SMILES string of the molecule is COc1ccc(Cl)cc1CC1CCC(=O)CN(C(=O)C[C@H](C)c2ccc(F)cc2)C1=O. The maximum Gasteiger partial charge on any atom is 0.233 e. The molecule has 1 fully saturated rings. The summed E-state index contributed by atoms with van der Waals surface area (Å²) in [7, 11) is 1.54. The molecule has 0 N–H and O–H groups in total. The van der Waals surface area contributed by atoms with Crippen LogP contribution in [0.1, 0.15) is 43.2 Å². The number of carbonyl (C=O) groups is 3.